The van der Waals surface area contributed by atoms with E-state index in [9.17, 15) is 14.7 Å². The van der Waals surface area contributed by atoms with Crippen molar-refractivity contribution >= 4 is 12.0 Å². The highest BCUT2D eigenvalue weighted by molar-refractivity contribution is 5.83. The monoisotopic (exact) mass is 276 g/mol. The second kappa shape index (κ2) is 6.41. The van der Waals surface area contributed by atoms with Crippen LogP contribution in [-0.2, 0) is 4.79 Å². The van der Waals surface area contributed by atoms with Crippen molar-refractivity contribution in [2.75, 3.05) is 13.1 Å². The summed E-state index contributed by atoms with van der Waals surface area (Å²) in [4.78, 5) is 25.2. The van der Waals surface area contributed by atoms with E-state index in [1.807, 2.05) is 13.0 Å². The van der Waals surface area contributed by atoms with Crippen molar-refractivity contribution in [1.29, 1.82) is 0 Å². The highest BCUT2D eigenvalue weighted by Crippen LogP contribution is 2.29. The van der Waals surface area contributed by atoms with Gasteiger partial charge in [-0.15, -0.1) is 0 Å². The lowest BCUT2D eigenvalue weighted by Crippen LogP contribution is -2.44. The van der Waals surface area contributed by atoms with E-state index in [2.05, 4.69) is 5.32 Å². The Morgan fingerprint density at radius 1 is 1.35 bits per heavy atom. The van der Waals surface area contributed by atoms with Crippen molar-refractivity contribution in [2.45, 2.75) is 25.8 Å². The summed E-state index contributed by atoms with van der Waals surface area (Å²) in [5.41, 5.74) is 0.579. The Morgan fingerprint density at radius 2 is 2.00 bits per heavy atom. The first-order valence-electron chi connectivity index (χ1n) is 6.95. The van der Waals surface area contributed by atoms with Crippen LogP contribution < -0.4 is 5.32 Å². The van der Waals surface area contributed by atoms with Crippen molar-refractivity contribution in [3.05, 3.63) is 35.9 Å². The summed E-state index contributed by atoms with van der Waals surface area (Å²) in [6, 6.07) is 7.44. The van der Waals surface area contributed by atoms with Gasteiger partial charge in [0.05, 0.1) is 0 Å². The Labute approximate surface area is 118 Å². The third-order valence-corrected chi connectivity index (χ3v) is 3.49. The molecule has 2 N–H and O–H groups in total. The first kappa shape index (κ1) is 14.4. The van der Waals surface area contributed by atoms with E-state index in [0.29, 0.717) is 24.6 Å². The van der Waals surface area contributed by atoms with Gasteiger partial charge in [-0.1, -0.05) is 30.3 Å². The van der Waals surface area contributed by atoms with Gasteiger partial charge in [-0.3, -0.25) is 0 Å². The zero-order chi connectivity index (χ0) is 14.5. The summed E-state index contributed by atoms with van der Waals surface area (Å²) in [5.74, 6) is -0.465. The summed E-state index contributed by atoms with van der Waals surface area (Å²) >= 11 is 0. The quantitative estimate of drug-likeness (QED) is 0.837. The standard InChI is InChI=1S/C15H20N2O3/c1-2-17(10-11-8-9-11)15(20)16-13(14(18)19)12-6-4-3-5-7-12/h3-7,11,13H,2,8-10H2,1H3,(H,16,20)(H,18,19). The third-order valence-electron chi connectivity index (χ3n) is 3.49. The molecule has 2 rings (SSSR count). The molecule has 1 atom stereocenters. The fourth-order valence-corrected chi connectivity index (χ4v) is 2.12. The summed E-state index contributed by atoms with van der Waals surface area (Å²) in [6.45, 7) is 3.20. The van der Waals surface area contributed by atoms with Gasteiger partial charge in [0.1, 0.15) is 0 Å². The van der Waals surface area contributed by atoms with Crippen molar-refractivity contribution in [2.24, 2.45) is 5.92 Å². The van der Waals surface area contributed by atoms with E-state index in [1.54, 1.807) is 29.2 Å². The number of carbonyl (C=O) groups excluding carboxylic acids is 1. The molecule has 1 aliphatic carbocycles. The molecule has 0 bridgehead atoms. The van der Waals surface area contributed by atoms with Crippen LogP contribution in [0.2, 0.25) is 0 Å². The Balaban J connectivity index is 2.03. The van der Waals surface area contributed by atoms with E-state index in [4.69, 9.17) is 0 Å². The number of carboxylic acid groups (broad SMARTS) is 1. The van der Waals surface area contributed by atoms with Gasteiger partial charge in [0, 0.05) is 13.1 Å². The summed E-state index contributed by atoms with van der Waals surface area (Å²) < 4.78 is 0. The highest BCUT2D eigenvalue weighted by atomic mass is 16.4. The molecular weight excluding hydrogens is 256 g/mol. The molecule has 108 valence electrons. The van der Waals surface area contributed by atoms with Gasteiger partial charge in [0.25, 0.3) is 0 Å². The topological polar surface area (TPSA) is 69.6 Å². The molecule has 1 saturated carbocycles. The Morgan fingerprint density at radius 3 is 2.50 bits per heavy atom. The maximum atomic E-state index is 12.2. The van der Waals surface area contributed by atoms with Gasteiger partial charge < -0.3 is 15.3 Å². The number of rotatable bonds is 6. The average molecular weight is 276 g/mol. The summed E-state index contributed by atoms with van der Waals surface area (Å²) in [6.07, 6.45) is 2.32. The fraction of sp³-hybridized carbons (Fsp3) is 0.467. The molecule has 0 saturated heterocycles. The molecule has 1 aromatic rings. The molecule has 0 aliphatic heterocycles. The molecule has 5 nitrogen and oxygen atoms in total. The first-order chi connectivity index (χ1) is 9.61. The molecular formula is C15H20N2O3. The van der Waals surface area contributed by atoms with E-state index >= 15 is 0 Å². The fourth-order valence-electron chi connectivity index (χ4n) is 2.12. The minimum atomic E-state index is -1.05. The van der Waals surface area contributed by atoms with E-state index < -0.39 is 12.0 Å². The van der Waals surface area contributed by atoms with E-state index in [0.717, 1.165) is 12.8 Å². The van der Waals surface area contributed by atoms with Crippen LogP contribution in [-0.4, -0.2) is 35.1 Å². The van der Waals surface area contributed by atoms with Crippen LogP contribution in [0.5, 0.6) is 0 Å². The molecule has 1 fully saturated rings. The van der Waals surface area contributed by atoms with Crippen LogP contribution in [0.15, 0.2) is 30.3 Å². The number of urea groups is 1. The van der Waals surface area contributed by atoms with Crippen LogP contribution in [0.1, 0.15) is 31.4 Å². The number of benzene rings is 1. The lowest BCUT2D eigenvalue weighted by Gasteiger charge is -2.24. The van der Waals surface area contributed by atoms with Gasteiger partial charge in [-0.05, 0) is 31.2 Å². The second-order valence-electron chi connectivity index (χ2n) is 5.11. The van der Waals surface area contributed by atoms with Gasteiger partial charge in [0.15, 0.2) is 6.04 Å². The second-order valence-corrected chi connectivity index (χ2v) is 5.11. The lowest BCUT2D eigenvalue weighted by atomic mass is 10.1. The SMILES string of the molecule is CCN(CC1CC1)C(=O)NC(C(=O)O)c1ccccc1. The molecule has 0 aromatic heterocycles. The molecule has 1 aliphatic rings. The normalized spacial score (nSPS) is 15.4. The van der Waals surface area contributed by atoms with Gasteiger partial charge in [-0.2, -0.15) is 0 Å². The van der Waals surface area contributed by atoms with Crippen molar-refractivity contribution in [3.8, 4) is 0 Å². The number of nitrogens with one attached hydrogen (secondary N) is 1. The lowest BCUT2D eigenvalue weighted by molar-refractivity contribution is -0.139. The minimum absolute atomic E-state index is 0.310. The van der Waals surface area contributed by atoms with Crippen LogP contribution in [0, 0.1) is 5.92 Å². The van der Waals surface area contributed by atoms with Crippen molar-refractivity contribution in [3.63, 3.8) is 0 Å². The molecule has 2 amide bonds. The zero-order valence-electron chi connectivity index (χ0n) is 11.6. The number of amides is 2. The molecule has 0 radical (unpaired) electrons. The zero-order valence-corrected chi connectivity index (χ0v) is 11.6. The number of nitrogens with zero attached hydrogens (tertiary/aromatic N) is 1. The Hall–Kier alpha value is -2.04. The van der Waals surface area contributed by atoms with Gasteiger partial charge in [-0.25, -0.2) is 9.59 Å². The molecule has 1 unspecified atom stereocenters. The Kier molecular flexibility index (Phi) is 4.61. The number of carbonyl (C=O) groups is 2. The number of hydrogen-bond acceptors (Lipinski definition) is 2. The van der Waals surface area contributed by atoms with Crippen LogP contribution >= 0.6 is 0 Å². The van der Waals surface area contributed by atoms with Crippen LogP contribution in [0.4, 0.5) is 4.79 Å². The maximum absolute atomic E-state index is 12.2. The Bertz CT molecular complexity index is 471. The highest BCUT2D eigenvalue weighted by Gasteiger charge is 2.28. The van der Waals surface area contributed by atoms with E-state index in [-0.39, 0.29) is 6.03 Å². The predicted octanol–water partition coefficient (Wildman–Crippen LogP) is 2.25. The van der Waals surface area contributed by atoms with Crippen LogP contribution in [0.3, 0.4) is 0 Å². The smallest absolute Gasteiger partial charge is 0.330 e. The molecule has 5 heteroatoms. The molecule has 0 heterocycles. The number of aliphatic carboxylic acids is 1. The first-order valence-corrected chi connectivity index (χ1v) is 6.95. The summed E-state index contributed by atoms with van der Waals surface area (Å²) in [5, 5.41) is 11.9. The predicted molar refractivity (Wildman–Crippen MR) is 75.3 cm³/mol. The summed E-state index contributed by atoms with van der Waals surface area (Å²) in [7, 11) is 0. The van der Waals surface area contributed by atoms with E-state index in [1.165, 1.54) is 0 Å². The molecule has 0 spiro atoms. The minimum Gasteiger partial charge on any atom is -0.479 e. The van der Waals surface area contributed by atoms with Crippen molar-refractivity contribution in [1.82, 2.24) is 10.2 Å². The van der Waals surface area contributed by atoms with Gasteiger partial charge in [0.2, 0.25) is 0 Å². The largest absolute Gasteiger partial charge is 0.479 e. The molecule has 20 heavy (non-hydrogen) atoms. The average Bonchev–Trinajstić information content (AvgIpc) is 3.26. The van der Waals surface area contributed by atoms with Crippen molar-refractivity contribution < 1.29 is 14.7 Å². The number of carboxylic acids is 1. The van der Waals surface area contributed by atoms with Gasteiger partial charge >= 0.3 is 12.0 Å². The third kappa shape index (κ3) is 3.73. The molecule has 1 aromatic carbocycles. The maximum Gasteiger partial charge on any atom is 0.330 e. The van der Waals surface area contributed by atoms with Crippen LogP contribution in [0.25, 0.3) is 0 Å². The number of hydrogen-bond donors (Lipinski definition) is 2.